The van der Waals surface area contributed by atoms with Gasteiger partial charge in [-0.2, -0.15) is 0 Å². The lowest BCUT2D eigenvalue weighted by molar-refractivity contribution is 0.0688. The molecule has 1 aromatic rings. The Kier molecular flexibility index (Phi) is 3.38. The van der Waals surface area contributed by atoms with Crippen LogP contribution in [0.2, 0.25) is 0 Å². The molecule has 0 saturated heterocycles. The summed E-state index contributed by atoms with van der Waals surface area (Å²) >= 11 is 0. The Morgan fingerprint density at radius 3 is 2.60 bits per heavy atom. The third kappa shape index (κ3) is 2.13. The van der Waals surface area contributed by atoms with Crippen LogP contribution < -0.4 is 5.73 Å². The minimum Gasteiger partial charge on any atom is -0.476 e. The number of carbonyl (C=O) groups is 1. The second-order valence-electron chi connectivity index (χ2n) is 3.32. The van der Waals surface area contributed by atoms with Crippen molar-refractivity contribution in [1.29, 1.82) is 0 Å². The molecule has 84 valence electrons. The third-order valence-corrected chi connectivity index (χ3v) is 2.27. The van der Waals surface area contributed by atoms with Crippen LogP contribution in [0.5, 0.6) is 0 Å². The molecular weight excluding hydrogens is 200 g/mol. The van der Waals surface area contributed by atoms with Crippen LogP contribution in [0, 0.1) is 0 Å². The summed E-state index contributed by atoms with van der Waals surface area (Å²) in [5.74, 6) is -1.17. The molecule has 2 unspecified atom stereocenters. The van der Waals surface area contributed by atoms with Crippen molar-refractivity contribution in [3.8, 4) is 0 Å². The number of aromatic nitrogens is 3. The molecule has 0 aliphatic rings. The zero-order chi connectivity index (χ0) is 11.6. The van der Waals surface area contributed by atoms with Crippen LogP contribution in [0.15, 0.2) is 0 Å². The van der Waals surface area contributed by atoms with E-state index in [-0.39, 0.29) is 18.3 Å². The van der Waals surface area contributed by atoms with Gasteiger partial charge in [0, 0.05) is 6.54 Å². The Balaban J connectivity index is 3.14. The van der Waals surface area contributed by atoms with Crippen molar-refractivity contribution in [1.82, 2.24) is 15.0 Å². The molecule has 0 aromatic carbocycles. The Bertz CT molecular complexity index is 361. The second kappa shape index (κ2) is 4.37. The Labute approximate surface area is 86.5 Å². The molecule has 0 aliphatic carbocycles. The molecule has 15 heavy (non-hydrogen) atoms. The number of aliphatic hydroxyl groups is 1. The topological polar surface area (TPSA) is 114 Å². The van der Waals surface area contributed by atoms with Crippen LogP contribution in [0.25, 0.3) is 0 Å². The number of carboxylic acid groups (broad SMARTS) is 1. The van der Waals surface area contributed by atoms with Crippen LogP contribution in [0.4, 0.5) is 0 Å². The molecule has 1 aromatic heterocycles. The van der Waals surface area contributed by atoms with Crippen molar-refractivity contribution in [2.75, 3.05) is 0 Å². The molecule has 2 atom stereocenters. The second-order valence-corrected chi connectivity index (χ2v) is 3.32. The normalized spacial score (nSPS) is 14.9. The van der Waals surface area contributed by atoms with E-state index < -0.39 is 12.1 Å². The van der Waals surface area contributed by atoms with E-state index in [4.69, 9.17) is 10.8 Å². The molecule has 0 amide bonds. The Morgan fingerprint density at radius 2 is 2.20 bits per heavy atom. The first-order chi connectivity index (χ1) is 6.99. The van der Waals surface area contributed by atoms with Gasteiger partial charge in [0.05, 0.1) is 17.8 Å². The average Bonchev–Trinajstić information content (AvgIpc) is 2.59. The highest BCUT2D eigenvalue weighted by atomic mass is 16.4. The van der Waals surface area contributed by atoms with Gasteiger partial charge in [0.1, 0.15) is 0 Å². The summed E-state index contributed by atoms with van der Waals surface area (Å²) in [6, 6.07) is -0.357. The summed E-state index contributed by atoms with van der Waals surface area (Å²) in [7, 11) is 0. The maximum Gasteiger partial charge on any atom is 0.358 e. The van der Waals surface area contributed by atoms with Crippen molar-refractivity contribution in [3.63, 3.8) is 0 Å². The number of nitrogens with two attached hydrogens (primary N) is 1. The van der Waals surface area contributed by atoms with Crippen LogP contribution in [-0.2, 0) is 6.54 Å². The van der Waals surface area contributed by atoms with E-state index in [0.717, 1.165) is 0 Å². The molecule has 0 bridgehead atoms. The van der Waals surface area contributed by atoms with E-state index >= 15 is 0 Å². The van der Waals surface area contributed by atoms with Gasteiger partial charge >= 0.3 is 5.97 Å². The molecule has 0 radical (unpaired) electrons. The van der Waals surface area contributed by atoms with Gasteiger partial charge in [0.2, 0.25) is 0 Å². The summed E-state index contributed by atoms with van der Waals surface area (Å²) in [5.41, 5.74) is 5.58. The third-order valence-electron chi connectivity index (χ3n) is 2.27. The van der Waals surface area contributed by atoms with Gasteiger partial charge in [0.15, 0.2) is 5.69 Å². The van der Waals surface area contributed by atoms with Gasteiger partial charge in [-0.25, -0.2) is 9.48 Å². The molecular formula is C8H14N4O3. The summed E-state index contributed by atoms with van der Waals surface area (Å²) in [4.78, 5) is 10.8. The van der Waals surface area contributed by atoms with Crippen molar-refractivity contribution in [2.24, 2.45) is 5.73 Å². The Morgan fingerprint density at radius 1 is 1.60 bits per heavy atom. The first-order valence-electron chi connectivity index (χ1n) is 4.54. The zero-order valence-electron chi connectivity index (χ0n) is 8.58. The molecule has 1 heterocycles. The molecule has 0 saturated carbocycles. The fraction of sp³-hybridized carbons (Fsp3) is 0.625. The van der Waals surface area contributed by atoms with Crippen molar-refractivity contribution >= 4 is 5.97 Å². The van der Waals surface area contributed by atoms with Gasteiger partial charge in [-0.15, -0.1) is 5.10 Å². The van der Waals surface area contributed by atoms with Gasteiger partial charge in [0.25, 0.3) is 0 Å². The summed E-state index contributed by atoms with van der Waals surface area (Å²) < 4.78 is 1.34. The highest BCUT2D eigenvalue weighted by Crippen LogP contribution is 2.14. The number of rotatable bonds is 4. The van der Waals surface area contributed by atoms with Gasteiger partial charge in [-0.3, -0.25) is 0 Å². The number of hydrogen-bond donors (Lipinski definition) is 3. The van der Waals surface area contributed by atoms with Gasteiger partial charge in [-0.05, 0) is 13.8 Å². The molecule has 0 aliphatic heterocycles. The standard InChI is InChI=1S/C8H14N4O3/c1-4(5(2)13)12-6(3-9)7(8(14)15)10-11-12/h4-5,13H,3,9H2,1-2H3,(H,14,15). The van der Waals surface area contributed by atoms with Gasteiger partial charge in [-0.1, -0.05) is 5.21 Å². The lowest BCUT2D eigenvalue weighted by Gasteiger charge is -2.16. The van der Waals surface area contributed by atoms with E-state index in [1.165, 1.54) is 4.68 Å². The van der Waals surface area contributed by atoms with Crippen LogP contribution in [0.1, 0.15) is 36.1 Å². The fourth-order valence-electron chi connectivity index (χ4n) is 1.20. The number of aliphatic hydroxyl groups excluding tert-OH is 1. The van der Waals surface area contributed by atoms with E-state index in [1.54, 1.807) is 13.8 Å². The van der Waals surface area contributed by atoms with Crippen molar-refractivity contribution in [3.05, 3.63) is 11.4 Å². The SMILES string of the molecule is CC(O)C(C)n1nnc(C(=O)O)c1CN. The molecule has 7 heteroatoms. The highest BCUT2D eigenvalue weighted by Gasteiger charge is 2.22. The maximum absolute atomic E-state index is 10.8. The predicted octanol–water partition coefficient (Wildman–Crippen LogP) is -0.623. The lowest BCUT2D eigenvalue weighted by atomic mass is 10.2. The molecule has 7 nitrogen and oxygen atoms in total. The van der Waals surface area contributed by atoms with E-state index in [2.05, 4.69) is 10.3 Å². The van der Waals surface area contributed by atoms with Crippen LogP contribution in [-0.4, -0.2) is 37.3 Å². The first kappa shape index (κ1) is 11.6. The average molecular weight is 214 g/mol. The monoisotopic (exact) mass is 214 g/mol. The number of nitrogens with zero attached hydrogens (tertiary/aromatic N) is 3. The van der Waals surface area contributed by atoms with Crippen LogP contribution >= 0.6 is 0 Å². The summed E-state index contributed by atoms with van der Waals surface area (Å²) in [6.07, 6.45) is -0.654. The highest BCUT2D eigenvalue weighted by molar-refractivity contribution is 5.86. The van der Waals surface area contributed by atoms with Crippen LogP contribution in [0.3, 0.4) is 0 Å². The Hall–Kier alpha value is -1.47. The fourth-order valence-corrected chi connectivity index (χ4v) is 1.20. The van der Waals surface area contributed by atoms with E-state index in [9.17, 15) is 9.90 Å². The first-order valence-corrected chi connectivity index (χ1v) is 4.54. The predicted molar refractivity (Wildman–Crippen MR) is 51.3 cm³/mol. The molecule has 1 rings (SSSR count). The number of carboxylic acids is 1. The van der Waals surface area contributed by atoms with Crippen molar-refractivity contribution < 1.29 is 15.0 Å². The minimum atomic E-state index is -1.17. The van der Waals surface area contributed by atoms with E-state index in [1.807, 2.05) is 0 Å². The number of hydrogen-bond acceptors (Lipinski definition) is 5. The number of aromatic carboxylic acids is 1. The minimum absolute atomic E-state index is 0.0195. The molecule has 0 spiro atoms. The quantitative estimate of drug-likeness (QED) is 0.615. The lowest BCUT2D eigenvalue weighted by Crippen LogP contribution is -2.23. The zero-order valence-corrected chi connectivity index (χ0v) is 8.58. The molecule has 4 N–H and O–H groups in total. The maximum atomic E-state index is 10.8. The van der Waals surface area contributed by atoms with Crippen molar-refractivity contribution in [2.45, 2.75) is 32.5 Å². The molecule has 0 fully saturated rings. The van der Waals surface area contributed by atoms with Gasteiger partial charge < -0.3 is 15.9 Å². The summed E-state index contributed by atoms with van der Waals surface area (Å²) in [6.45, 7) is 3.32. The largest absolute Gasteiger partial charge is 0.476 e. The van der Waals surface area contributed by atoms with E-state index in [0.29, 0.717) is 5.69 Å². The smallest absolute Gasteiger partial charge is 0.358 e. The summed E-state index contributed by atoms with van der Waals surface area (Å²) in [5, 5.41) is 25.3.